The van der Waals surface area contributed by atoms with Crippen LogP contribution in [0, 0.1) is 5.82 Å². The molecule has 1 unspecified atom stereocenters. The summed E-state index contributed by atoms with van der Waals surface area (Å²) in [7, 11) is -4.28. The molecular formula is C13H15ClFNO5S. The molecule has 0 bridgehead atoms. The largest absolute Gasteiger partial charge is 0.443 e. The van der Waals surface area contributed by atoms with E-state index in [2.05, 4.69) is 4.18 Å². The van der Waals surface area contributed by atoms with Crippen LogP contribution >= 0.6 is 11.6 Å². The minimum atomic E-state index is -4.28. The summed E-state index contributed by atoms with van der Waals surface area (Å²) in [6.07, 6.45) is -1.08. The van der Waals surface area contributed by atoms with E-state index in [9.17, 15) is 17.6 Å². The number of benzene rings is 1. The van der Waals surface area contributed by atoms with E-state index in [-0.39, 0.29) is 17.2 Å². The summed E-state index contributed by atoms with van der Waals surface area (Å²) in [4.78, 5) is 12.1. The molecule has 0 N–H and O–H groups in total. The molecule has 1 saturated heterocycles. The quantitative estimate of drug-likeness (QED) is 0.777. The Morgan fingerprint density at radius 1 is 1.45 bits per heavy atom. The number of ether oxygens (including phenoxy) is 1. The summed E-state index contributed by atoms with van der Waals surface area (Å²) in [6.45, 7) is 4.49. The minimum absolute atomic E-state index is 0.102. The van der Waals surface area contributed by atoms with Crippen molar-refractivity contribution in [3.05, 3.63) is 34.6 Å². The van der Waals surface area contributed by atoms with Crippen LogP contribution in [-0.2, 0) is 19.2 Å². The molecule has 1 aromatic carbocycles. The SMILES string of the molecule is CC(C)(C)OC(=O)N1C(c2ccc(Cl)c(F)c2)COS1(=O)=O. The lowest BCUT2D eigenvalue weighted by Gasteiger charge is -2.26. The molecule has 1 heterocycles. The van der Waals surface area contributed by atoms with Crippen molar-refractivity contribution in [2.24, 2.45) is 0 Å². The van der Waals surface area contributed by atoms with Gasteiger partial charge in [0.1, 0.15) is 17.5 Å². The second-order valence-corrected chi connectivity index (χ2v) is 7.60. The van der Waals surface area contributed by atoms with Gasteiger partial charge in [0.05, 0.1) is 11.6 Å². The topological polar surface area (TPSA) is 72.9 Å². The summed E-state index contributed by atoms with van der Waals surface area (Å²) in [5.74, 6) is -0.715. The van der Waals surface area contributed by atoms with Crippen LogP contribution < -0.4 is 0 Å². The first-order chi connectivity index (χ1) is 10.0. The summed E-state index contributed by atoms with van der Waals surface area (Å²) in [5.41, 5.74) is -0.640. The van der Waals surface area contributed by atoms with Crippen LogP contribution in [0.2, 0.25) is 5.02 Å². The molecule has 1 amide bonds. The zero-order chi connectivity index (χ0) is 16.7. The average molecular weight is 352 g/mol. The van der Waals surface area contributed by atoms with Gasteiger partial charge in [-0.25, -0.2) is 9.18 Å². The van der Waals surface area contributed by atoms with E-state index in [1.54, 1.807) is 20.8 Å². The van der Waals surface area contributed by atoms with Crippen LogP contribution in [0.5, 0.6) is 0 Å². The van der Waals surface area contributed by atoms with Gasteiger partial charge in [-0.3, -0.25) is 4.18 Å². The standard InChI is InChI=1S/C13H15ClFNO5S/c1-13(2,3)21-12(17)16-11(7-20-22(16,18)19)8-4-5-9(14)10(15)6-8/h4-6,11H,7H2,1-3H3. The van der Waals surface area contributed by atoms with Gasteiger partial charge in [-0.15, -0.1) is 0 Å². The van der Waals surface area contributed by atoms with E-state index in [0.717, 1.165) is 6.07 Å². The van der Waals surface area contributed by atoms with Gasteiger partial charge in [-0.2, -0.15) is 12.7 Å². The van der Waals surface area contributed by atoms with Crippen molar-refractivity contribution in [1.29, 1.82) is 0 Å². The lowest BCUT2D eigenvalue weighted by atomic mass is 10.1. The minimum Gasteiger partial charge on any atom is -0.443 e. The van der Waals surface area contributed by atoms with Crippen LogP contribution in [0.25, 0.3) is 0 Å². The molecule has 1 atom stereocenters. The van der Waals surface area contributed by atoms with Crippen molar-refractivity contribution in [2.75, 3.05) is 6.61 Å². The summed E-state index contributed by atoms with van der Waals surface area (Å²) < 4.78 is 47.6. The Balaban J connectivity index is 2.38. The van der Waals surface area contributed by atoms with Crippen molar-refractivity contribution in [3.63, 3.8) is 0 Å². The van der Waals surface area contributed by atoms with E-state index < -0.39 is 33.9 Å². The molecule has 1 aromatic rings. The fourth-order valence-electron chi connectivity index (χ4n) is 1.91. The van der Waals surface area contributed by atoms with E-state index in [0.29, 0.717) is 4.31 Å². The number of nitrogens with zero attached hydrogens (tertiary/aromatic N) is 1. The third-order valence-corrected chi connectivity index (χ3v) is 4.43. The average Bonchev–Trinajstić information content (AvgIpc) is 2.66. The molecule has 0 saturated carbocycles. The molecule has 0 spiro atoms. The summed E-state index contributed by atoms with van der Waals surface area (Å²) in [5, 5.41) is -0.102. The van der Waals surface area contributed by atoms with Crippen LogP contribution in [0.4, 0.5) is 9.18 Å². The van der Waals surface area contributed by atoms with E-state index in [1.165, 1.54) is 12.1 Å². The number of carbonyl (C=O) groups excluding carboxylic acids is 1. The predicted molar refractivity (Wildman–Crippen MR) is 77.1 cm³/mol. The van der Waals surface area contributed by atoms with E-state index in [1.807, 2.05) is 0 Å². The molecule has 22 heavy (non-hydrogen) atoms. The highest BCUT2D eigenvalue weighted by Crippen LogP contribution is 2.34. The lowest BCUT2D eigenvalue weighted by molar-refractivity contribution is 0.0356. The van der Waals surface area contributed by atoms with Crippen LogP contribution in [0.1, 0.15) is 32.4 Å². The maximum absolute atomic E-state index is 13.6. The van der Waals surface area contributed by atoms with Crippen LogP contribution in [0.3, 0.4) is 0 Å². The third-order valence-electron chi connectivity index (χ3n) is 2.80. The number of hydrogen-bond donors (Lipinski definition) is 0. The van der Waals surface area contributed by atoms with Crippen LogP contribution in [0.15, 0.2) is 18.2 Å². The fourth-order valence-corrected chi connectivity index (χ4v) is 3.15. The van der Waals surface area contributed by atoms with Gasteiger partial charge in [0.15, 0.2) is 0 Å². The van der Waals surface area contributed by atoms with Crippen molar-refractivity contribution in [2.45, 2.75) is 32.4 Å². The molecule has 1 fully saturated rings. The number of carbonyl (C=O) groups is 1. The zero-order valence-corrected chi connectivity index (χ0v) is 13.7. The Kier molecular flexibility index (Phi) is 4.38. The molecule has 122 valence electrons. The monoisotopic (exact) mass is 351 g/mol. The Morgan fingerprint density at radius 3 is 2.64 bits per heavy atom. The smallest absolute Gasteiger partial charge is 0.426 e. The molecular weight excluding hydrogens is 337 g/mol. The first kappa shape index (κ1) is 17.0. The Hall–Kier alpha value is -1.38. The highest BCUT2D eigenvalue weighted by Gasteiger charge is 2.45. The number of amides is 1. The van der Waals surface area contributed by atoms with Crippen LogP contribution in [-0.4, -0.2) is 31.0 Å². The Morgan fingerprint density at radius 2 is 2.09 bits per heavy atom. The van der Waals surface area contributed by atoms with Gasteiger partial charge >= 0.3 is 16.4 Å². The first-order valence-corrected chi connectivity index (χ1v) is 8.12. The molecule has 0 radical (unpaired) electrons. The van der Waals surface area contributed by atoms with Gasteiger partial charge in [0.2, 0.25) is 0 Å². The highest BCUT2D eigenvalue weighted by atomic mass is 35.5. The van der Waals surface area contributed by atoms with E-state index in [4.69, 9.17) is 16.3 Å². The molecule has 0 aliphatic carbocycles. The van der Waals surface area contributed by atoms with Crippen molar-refractivity contribution < 1.29 is 26.5 Å². The number of rotatable bonds is 1. The maximum atomic E-state index is 13.6. The molecule has 1 aliphatic heterocycles. The number of hydrogen-bond acceptors (Lipinski definition) is 5. The van der Waals surface area contributed by atoms with Gasteiger partial charge in [-0.05, 0) is 38.5 Å². The second kappa shape index (κ2) is 5.68. The van der Waals surface area contributed by atoms with Gasteiger partial charge in [-0.1, -0.05) is 17.7 Å². The van der Waals surface area contributed by atoms with Gasteiger partial charge in [0, 0.05) is 0 Å². The van der Waals surface area contributed by atoms with Crippen molar-refractivity contribution >= 4 is 28.0 Å². The molecule has 2 rings (SSSR count). The van der Waals surface area contributed by atoms with Gasteiger partial charge in [0.25, 0.3) is 0 Å². The summed E-state index contributed by atoms with van der Waals surface area (Å²) >= 11 is 5.60. The number of halogens is 2. The van der Waals surface area contributed by atoms with Crippen molar-refractivity contribution in [3.8, 4) is 0 Å². The second-order valence-electron chi connectivity index (χ2n) is 5.71. The predicted octanol–water partition coefficient (Wildman–Crippen LogP) is 3.03. The van der Waals surface area contributed by atoms with E-state index >= 15 is 0 Å². The normalized spacial score (nSPS) is 21.0. The summed E-state index contributed by atoms with van der Waals surface area (Å²) in [6, 6.07) is 2.77. The lowest BCUT2D eigenvalue weighted by Crippen LogP contribution is -2.39. The zero-order valence-electron chi connectivity index (χ0n) is 12.2. The third kappa shape index (κ3) is 3.50. The molecule has 1 aliphatic rings. The highest BCUT2D eigenvalue weighted by molar-refractivity contribution is 7.85. The molecule has 9 heteroatoms. The fraction of sp³-hybridized carbons (Fsp3) is 0.462. The first-order valence-electron chi connectivity index (χ1n) is 6.38. The molecule has 0 aromatic heterocycles. The maximum Gasteiger partial charge on any atom is 0.426 e. The Labute approximate surface area is 133 Å². The van der Waals surface area contributed by atoms with Gasteiger partial charge < -0.3 is 4.74 Å². The Bertz CT molecular complexity index is 701. The molecule has 6 nitrogen and oxygen atoms in total. The van der Waals surface area contributed by atoms with Crippen molar-refractivity contribution in [1.82, 2.24) is 4.31 Å².